The van der Waals surface area contributed by atoms with E-state index < -0.39 is 0 Å². The van der Waals surface area contributed by atoms with Crippen LogP contribution in [0.3, 0.4) is 0 Å². The molecular weight excluding hydrogens is 166 g/mol. The molecule has 2 N–H and O–H groups in total. The second-order valence-electron chi connectivity index (χ2n) is 3.00. The van der Waals surface area contributed by atoms with Gasteiger partial charge in [-0.15, -0.1) is 0 Å². The Labute approximate surface area is 78.7 Å². The van der Waals surface area contributed by atoms with Gasteiger partial charge in [0, 0.05) is 32.0 Å². The van der Waals surface area contributed by atoms with Crippen LogP contribution in [0.15, 0.2) is 12.4 Å². The van der Waals surface area contributed by atoms with E-state index in [-0.39, 0.29) is 6.10 Å². The topological polar surface area (TPSA) is 53.1 Å². The number of aryl methyl sites for hydroxylation is 1. The summed E-state index contributed by atoms with van der Waals surface area (Å²) in [6.07, 6.45) is 4.87. The van der Waals surface area contributed by atoms with Crippen molar-refractivity contribution in [2.24, 2.45) is 5.73 Å². The molecule has 0 aromatic carbocycles. The fourth-order valence-electron chi connectivity index (χ4n) is 1.27. The van der Waals surface area contributed by atoms with E-state index in [1.807, 2.05) is 17.1 Å². The van der Waals surface area contributed by atoms with Crippen LogP contribution < -0.4 is 5.73 Å². The quantitative estimate of drug-likeness (QED) is 0.739. The van der Waals surface area contributed by atoms with Crippen molar-refractivity contribution in [2.75, 3.05) is 13.7 Å². The predicted molar refractivity (Wildman–Crippen MR) is 51.3 cm³/mol. The van der Waals surface area contributed by atoms with E-state index in [1.165, 1.54) is 0 Å². The number of rotatable bonds is 5. The van der Waals surface area contributed by atoms with Crippen molar-refractivity contribution < 1.29 is 4.74 Å². The minimum Gasteiger partial charge on any atom is -0.375 e. The molecule has 4 nitrogen and oxygen atoms in total. The van der Waals surface area contributed by atoms with E-state index in [0.29, 0.717) is 6.54 Å². The number of hydrogen-bond donors (Lipinski definition) is 1. The van der Waals surface area contributed by atoms with E-state index in [9.17, 15) is 0 Å². The molecule has 1 aromatic rings. The van der Waals surface area contributed by atoms with Crippen molar-refractivity contribution in [3.8, 4) is 0 Å². The normalized spacial score (nSPS) is 13.2. The zero-order valence-corrected chi connectivity index (χ0v) is 8.23. The minimum absolute atomic E-state index is 0.0226. The van der Waals surface area contributed by atoms with Gasteiger partial charge in [0.25, 0.3) is 0 Å². The van der Waals surface area contributed by atoms with Gasteiger partial charge >= 0.3 is 0 Å². The van der Waals surface area contributed by atoms with Crippen LogP contribution in [0.1, 0.15) is 25.0 Å². The number of nitrogens with zero attached hydrogens (tertiary/aromatic N) is 2. The summed E-state index contributed by atoms with van der Waals surface area (Å²) >= 11 is 0. The number of methoxy groups -OCH3 is 1. The molecular formula is C9H17N3O. The molecule has 1 atom stereocenters. The van der Waals surface area contributed by atoms with Gasteiger partial charge in [-0.25, -0.2) is 0 Å². The van der Waals surface area contributed by atoms with Crippen molar-refractivity contribution in [2.45, 2.75) is 26.0 Å². The predicted octanol–water partition coefficient (Wildman–Crippen LogP) is 0.939. The Morgan fingerprint density at radius 1 is 1.69 bits per heavy atom. The Hall–Kier alpha value is -0.870. The van der Waals surface area contributed by atoms with Crippen LogP contribution in [-0.4, -0.2) is 23.4 Å². The molecule has 0 radical (unpaired) electrons. The van der Waals surface area contributed by atoms with Gasteiger partial charge in [0.05, 0.1) is 12.3 Å². The first-order chi connectivity index (χ1) is 6.31. The summed E-state index contributed by atoms with van der Waals surface area (Å²) in [5, 5.41) is 4.20. The second kappa shape index (κ2) is 4.99. The van der Waals surface area contributed by atoms with Gasteiger partial charge in [-0.05, 0) is 6.42 Å². The molecule has 0 fully saturated rings. The van der Waals surface area contributed by atoms with Crippen molar-refractivity contribution in [1.29, 1.82) is 0 Å². The first-order valence-corrected chi connectivity index (χ1v) is 4.57. The second-order valence-corrected chi connectivity index (χ2v) is 3.00. The van der Waals surface area contributed by atoms with E-state index in [2.05, 4.69) is 12.0 Å². The van der Waals surface area contributed by atoms with Crippen molar-refractivity contribution in [1.82, 2.24) is 9.78 Å². The van der Waals surface area contributed by atoms with Gasteiger partial charge in [0.2, 0.25) is 0 Å². The SMILES string of the molecule is CCCn1cc(C(CN)OC)cn1. The maximum Gasteiger partial charge on any atom is 0.0973 e. The number of aromatic nitrogens is 2. The van der Waals surface area contributed by atoms with Crippen molar-refractivity contribution in [3.63, 3.8) is 0 Å². The molecule has 0 saturated carbocycles. The van der Waals surface area contributed by atoms with E-state index in [1.54, 1.807) is 7.11 Å². The standard InChI is InChI=1S/C9H17N3O/c1-3-4-12-7-8(6-11-12)9(5-10)13-2/h6-7,9H,3-5,10H2,1-2H3. The molecule has 0 amide bonds. The average Bonchev–Trinajstić information content (AvgIpc) is 2.56. The molecule has 1 unspecified atom stereocenters. The molecule has 0 aliphatic rings. The maximum absolute atomic E-state index is 5.54. The highest BCUT2D eigenvalue weighted by molar-refractivity contribution is 5.08. The van der Waals surface area contributed by atoms with Crippen LogP contribution in [0, 0.1) is 0 Å². The minimum atomic E-state index is -0.0226. The lowest BCUT2D eigenvalue weighted by molar-refractivity contribution is 0.110. The van der Waals surface area contributed by atoms with Crippen LogP contribution in [0.2, 0.25) is 0 Å². The Morgan fingerprint density at radius 3 is 3.00 bits per heavy atom. The fourth-order valence-corrected chi connectivity index (χ4v) is 1.27. The summed E-state index contributed by atoms with van der Waals surface area (Å²) in [4.78, 5) is 0. The van der Waals surface area contributed by atoms with Gasteiger partial charge < -0.3 is 10.5 Å². The van der Waals surface area contributed by atoms with E-state index >= 15 is 0 Å². The monoisotopic (exact) mass is 183 g/mol. The molecule has 4 heteroatoms. The van der Waals surface area contributed by atoms with Gasteiger partial charge in [0.15, 0.2) is 0 Å². The molecule has 0 aliphatic heterocycles. The third kappa shape index (κ3) is 2.54. The molecule has 0 saturated heterocycles. The third-order valence-electron chi connectivity index (χ3n) is 1.98. The number of nitrogens with two attached hydrogens (primary N) is 1. The molecule has 0 bridgehead atoms. The first kappa shape index (κ1) is 10.2. The molecule has 1 heterocycles. The van der Waals surface area contributed by atoms with E-state index in [0.717, 1.165) is 18.5 Å². The lowest BCUT2D eigenvalue weighted by Gasteiger charge is -2.09. The van der Waals surface area contributed by atoms with Crippen LogP contribution in [0.25, 0.3) is 0 Å². The average molecular weight is 183 g/mol. The Bertz CT molecular complexity index is 243. The van der Waals surface area contributed by atoms with Gasteiger partial charge in [-0.2, -0.15) is 5.10 Å². The van der Waals surface area contributed by atoms with Gasteiger partial charge in [-0.3, -0.25) is 4.68 Å². The molecule has 13 heavy (non-hydrogen) atoms. The molecule has 0 spiro atoms. The molecule has 74 valence electrons. The van der Waals surface area contributed by atoms with Crippen molar-refractivity contribution in [3.05, 3.63) is 18.0 Å². The summed E-state index contributed by atoms with van der Waals surface area (Å²) in [6.45, 7) is 3.56. The molecule has 0 aliphatic carbocycles. The van der Waals surface area contributed by atoms with E-state index in [4.69, 9.17) is 10.5 Å². The third-order valence-corrected chi connectivity index (χ3v) is 1.98. The summed E-state index contributed by atoms with van der Waals surface area (Å²) in [7, 11) is 1.66. The largest absolute Gasteiger partial charge is 0.375 e. The summed E-state index contributed by atoms with van der Waals surface area (Å²) < 4.78 is 7.11. The lowest BCUT2D eigenvalue weighted by Crippen LogP contribution is -2.13. The zero-order chi connectivity index (χ0) is 9.68. The number of hydrogen-bond acceptors (Lipinski definition) is 3. The van der Waals surface area contributed by atoms with Crippen LogP contribution in [0.5, 0.6) is 0 Å². The molecule has 1 aromatic heterocycles. The van der Waals surface area contributed by atoms with Gasteiger partial charge in [-0.1, -0.05) is 6.92 Å². The smallest absolute Gasteiger partial charge is 0.0973 e. The lowest BCUT2D eigenvalue weighted by atomic mass is 10.2. The van der Waals surface area contributed by atoms with Crippen LogP contribution in [-0.2, 0) is 11.3 Å². The Balaban J connectivity index is 2.66. The Morgan fingerprint density at radius 2 is 2.46 bits per heavy atom. The first-order valence-electron chi connectivity index (χ1n) is 4.57. The zero-order valence-electron chi connectivity index (χ0n) is 8.23. The molecule has 1 rings (SSSR count). The summed E-state index contributed by atoms with van der Waals surface area (Å²) in [6, 6.07) is 0. The van der Waals surface area contributed by atoms with Crippen molar-refractivity contribution >= 4 is 0 Å². The summed E-state index contributed by atoms with van der Waals surface area (Å²) in [5.74, 6) is 0. The Kier molecular flexibility index (Phi) is 3.92. The highest BCUT2D eigenvalue weighted by Gasteiger charge is 2.09. The fraction of sp³-hybridized carbons (Fsp3) is 0.667. The van der Waals surface area contributed by atoms with Crippen LogP contribution >= 0.6 is 0 Å². The summed E-state index contributed by atoms with van der Waals surface area (Å²) in [5.41, 5.74) is 6.59. The van der Waals surface area contributed by atoms with Gasteiger partial charge in [0.1, 0.15) is 0 Å². The number of ether oxygens (including phenoxy) is 1. The van der Waals surface area contributed by atoms with Crippen LogP contribution in [0.4, 0.5) is 0 Å². The maximum atomic E-state index is 5.54. The highest BCUT2D eigenvalue weighted by Crippen LogP contribution is 2.13. The highest BCUT2D eigenvalue weighted by atomic mass is 16.5.